The van der Waals surface area contributed by atoms with Crippen molar-refractivity contribution in [2.24, 2.45) is 0 Å². The van der Waals surface area contributed by atoms with Gasteiger partial charge in [-0.2, -0.15) is 13.2 Å². The average Bonchev–Trinajstić information content (AvgIpc) is 3.23. The fourth-order valence-corrected chi connectivity index (χ4v) is 2.65. The number of amides is 2. The van der Waals surface area contributed by atoms with Gasteiger partial charge < -0.3 is 19.6 Å². The van der Waals surface area contributed by atoms with Crippen molar-refractivity contribution in [3.8, 4) is 0 Å². The minimum Gasteiger partial charge on any atom is -0.459 e. The molecular weight excluding hydrogens is 403 g/mol. The molecule has 0 atom stereocenters. The summed E-state index contributed by atoms with van der Waals surface area (Å²) in [4.78, 5) is 35.7. The maximum atomic E-state index is 13.5. The Hall–Kier alpha value is -3.82. The highest BCUT2D eigenvalue weighted by atomic mass is 19.4. The monoisotopic (exact) mass is 419 g/mol. The molecule has 0 fully saturated rings. The van der Waals surface area contributed by atoms with Crippen molar-refractivity contribution in [3.63, 3.8) is 0 Å². The van der Waals surface area contributed by atoms with E-state index < -0.39 is 29.2 Å². The van der Waals surface area contributed by atoms with Gasteiger partial charge in [0.05, 0.1) is 17.5 Å². The number of pyridine rings is 1. The summed E-state index contributed by atoms with van der Waals surface area (Å²) in [5, 5.41) is 4.52. The van der Waals surface area contributed by atoms with Crippen LogP contribution in [0.4, 0.5) is 24.5 Å². The molecule has 0 bridgehead atoms. The summed E-state index contributed by atoms with van der Waals surface area (Å²) in [7, 11) is 0. The number of rotatable bonds is 6. The van der Waals surface area contributed by atoms with Gasteiger partial charge in [-0.3, -0.25) is 14.4 Å². The highest BCUT2D eigenvalue weighted by Crippen LogP contribution is 2.36. The number of anilines is 2. The Labute approximate surface area is 168 Å². The molecule has 0 aliphatic rings. The topological polar surface area (TPSA) is 93.3 Å². The fraction of sp³-hybridized carbons (Fsp3) is 0.150. The van der Waals surface area contributed by atoms with E-state index in [-0.39, 0.29) is 30.0 Å². The normalized spacial score (nSPS) is 11.2. The first-order valence-corrected chi connectivity index (χ1v) is 8.75. The van der Waals surface area contributed by atoms with E-state index in [0.29, 0.717) is 0 Å². The van der Waals surface area contributed by atoms with E-state index in [0.717, 1.165) is 12.1 Å². The van der Waals surface area contributed by atoms with Crippen LogP contribution in [0, 0.1) is 0 Å². The van der Waals surface area contributed by atoms with Gasteiger partial charge in [0.15, 0.2) is 5.76 Å². The van der Waals surface area contributed by atoms with E-state index in [1.807, 2.05) is 0 Å². The van der Waals surface area contributed by atoms with E-state index in [1.165, 1.54) is 41.3 Å². The smallest absolute Gasteiger partial charge is 0.418 e. The van der Waals surface area contributed by atoms with Crippen molar-refractivity contribution < 1.29 is 27.2 Å². The molecule has 2 heterocycles. The highest BCUT2D eigenvalue weighted by molar-refractivity contribution is 6.02. The number of nitrogens with zero attached hydrogens (tertiary/aromatic N) is 1. The second-order valence-corrected chi connectivity index (χ2v) is 6.22. The summed E-state index contributed by atoms with van der Waals surface area (Å²) in [5.74, 6) is -1.46. The van der Waals surface area contributed by atoms with E-state index in [9.17, 15) is 27.6 Å². The average molecular weight is 419 g/mol. The van der Waals surface area contributed by atoms with Crippen molar-refractivity contribution in [3.05, 3.63) is 82.7 Å². The van der Waals surface area contributed by atoms with Gasteiger partial charge in [0.2, 0.25) is 5.91 Å². The zero-order valence-corrected chi connectivity index (χ0v) is 15.4. The minimum atomic E-state index is -4.77. The van der Waals surface area contributed by atoms with Crippen molar-refractivity contribution in [2.45, 2.75) is 19.1 Å². The highest BCUT2D eigenvalue weighted by Gasteiger charge is 2.34. The van der Waals surface area contributed by atoms with Gasteiger partial charge in [-0.1, -0.05) is 6.07 Å². The molecule has 0 radical (unpaired) electrons. The molecular formula is C20H16F3N3O4. The fourth-order valence-electron chi connectivity index (χ4n) is 2.65. The molecule has 0 aliphatic heterocycles. The zero-order chi connectivity index (χ0) is 21.7. The van der Waals surface area contributed by atoms with E-state index in [4.69, 9.17) is 4.42 Å². The molecule has 0 saturated carbocycles. The lowest BCUT2D eigenvalue weighted by molar-refractivity contribution is -0.136. The molecule has 2 N–H and O–H groups in total. The number of hydrogen-bond acceptors (Lipinski definition) is 4. The molecule has 2 aromatic heterocycles. The maximum absolute atomic E-state index is 13.5. The van der Waals surface area contributed by atoms with Crippen LogP contribution in [0.2, 0.25) is 0 Å². The minimum absolute atomic E-state index is 0.0180. The van der Waals surface area contributed by atoms with Crippen LogP contribution < -0.4 is 16.2 Å². The van der Waals surface area contributed by atoms with Crippen molar-refractivity contribution >= 4 is 23.2 Å². The summed E-state index contributed by atoms with van der Waals surface area (Å²) < 4.78 is 46.6. The number of hydrogen-bond donors (Lipinski definition) is 2. The Morgan fingerprint density at radius 3 is 2.50 bits per heavy atom. The van der Waals surface area contributed by atoms with Crippen LogP contribution in [-0.2, 0) is 17.5 Å². The number of alkyl halides is 3. The Kier molecular flexibility index (Phi) is 6.05. The molecule has 7 nitrogen and oxygen atoms in total. The molecule has 0 spiro atoms. The zero-order valence-electron chi connectivity index (χ0n) is 15.4. The van der Waals surface area contributed by atoms with Crippen LogP contribution in [0.25, 0.3) is 0 Å². The Morgan fingerprint density at radius 1 is 1.03 bits per heavy atom. The molecule has 30 heavy (non-hydrogen) atoms. The SMILES string of the molecule is O=C(CCn1ccccc1=O)Nc1ccc(NC(=O)c2ccco2)cc1C(F)(F)F. The van der Waals surface area contributed by atoms with Gasteiger partial charge >= 0.3 is 6.18 Å². The summed E-state index contributed by atoms with van der Waals surface area (Å²) in [6.07, 6.45) is -2.23. The third-order valence-corrected chi connectivity index (χ3v) is 4.08. The summed E-state index contributed by atoms with van der Waals surface area (Å²) >= 11 is 0. The largest absolute Gasteiger partial charge is 0.459 e. The first-order chi connectivity index (χ1) is 14.2. The number of carbonyl (C=O) groups excluding carboxylic acids is 2. The second kappa shape index (κ2) is 8.68. The van der Waals surface area contributed by atoms with Crippen molar-refractivity contribution in [2.75, 3.05) is 10.6 Å². The number of halogens is 3. The first-order valence-electron chi connectivity index (χ1n) is 8.75. The van der Waals surface area contributed by atoms with Crippen LogP contribution in [0.3, 0.4) is 0 Å². The number of aryl methyl sites for hydroxylation is 1. The number of benzene rings is 1. The van der Waals surface area contributed by atoms with Gasteiger partial charge in [0.1, 0.15) is 0 Å². The molecule has 3 rings (SSSR count). The third-order valence-electron chi connectivity index (χ3n) is 4.08. The summed E-state index contributed by atoms with van der Waals surface area (Å²) in [6.45, 7) is 0.0180. The van der Waals surface area contributed by atoms with E-state index in [1.54, 1.807) is 12.1 Å². The molecule has 2 amide bonds. The molecule has 3 aromatic rings. The van der Waals surface area contributed by atoms with Crippen LogP contribution in [0.15, 0.2) is 70.2 Å². The van der Waals surface area contributed by atoms with Gasteiger partial charge in [0.25, 0.3) is 11.5 Å². The molecule has 0 unspecified atom stereocenters. The van der Waals surface area contributed by atoms with Crippen LogP contribution >= 0.6 is 0 Å². The van der Waals surface area contributed by atoms with Gasteiger partial charge in [0, 0.05) is 30.9 Å². The van der Waals surface area contributed by atoms with E-state index in [2.05, 4.69) is 10.6 Å². The Bertz CT molecular complexity index is 1100. The predicted molar refractivity (Wildman–Crippen MR) is 102 cm³/mol. The van der Waals surface area contributed by atoms with Crippen molar-refractivity contribution in [1.82, 2.24) is 4.57 Å². The standard InChI is InChI=1S/C20H16F3N3O4/c21-20(22,23)14-12-13(24-19(29)16-4-3-11-30-16)6-7-15(14)25-17(27)8-10-26-9-2-1-5-18(26)28/h1-7,9,11-12H,8,10H2,(H,24,29)(H,25,27). The van der Waals surface area contributed by atoms with Crippen molar-refractivity contribution in [1.29, 1.82) is 0 Å². The number of carbonyl (C=O) groups is 2. The van der Waals surface area contributed by atoms with Crippen LogP contribution in [0.1, 0.15) is 22.5 Å². The Balaban J connectivity index is 1.73. The molecule has 1 aromatic carbocycles. The third kappa shape index (κ3) is 5.16. The lowest BCUT2D eigenvalue weighted by atomic mass is 10.1. The predicted octanol–water partition coefficient (Wildman–Crippen LogP) is 3.74. The van der Waals surface area contributed by atoms with Gasteiger partial charge in [-0.15, -0.1) is 0 Å². The Morgan fingerprint density at radius 2 is 1.83 bits per heavy atom. The quantitative estimate of drug-likeness (QED) is 0.637. The van der Waals surface area contributed by atoms with Crippen LogP contribution in [-0.4, -0.2) is 16.4 Å². The number of furan rings is 1. The van der Waals surface area contributed by atoms with Crippen LogP contribution in [0.5, 0.6) is 0 Å². The number of nitrogens with one attached hydrogen (secondary N) is 2. The first kappa shape index (κ1) is 20.9. The van der Waals surface area contributed by atoms with Gasteiger partial charge in [-0.05, 0) is 36.4 Å². The maximum Gasteiger partial charge on any atom is 0.418 e. The molecule has 0 saturated heterocycles. The molecule has 10 heteroatoms. The molecule has 156 valence electrons. The lowest BCUT2D eigenvalue weighted by Gasteiger charge is -2.16. The summed E-state index contributed by atoms with van der Waals surface area (Å²) in [6, 6.07) is 10.3. The lowest BCUT2D eigenvalue weighted by Crippen LogP contribution is -2.22. The molecule has 0 aliphatic carbocycles. The van der Waals surface area contributed by atoms with E-state index >= 15 is 0 Å². The summed E-state index contributed by atoms with van der Waals surface area (Å²) in [5.41, 5.74) is -2.01. The number of aromatic nitrogens is 1. The van der Waals surface area contributed by atoms with Gasteiger partial charge in [-0.25, -0.2) is 0 Å². The second-order valence-electron chi connectivity index (χ2n) is 6.22.